The third-order valence-corrected chi connectivity index (χ3v) is 2.82. The van der Waals surface area contributed by atoms with Gasteiger partial charge in [-0.1, -0.05) is 19.8 Å². The van der Waals surface area contributed by atoms with Crippen LogP contribution in [0.4, 0.5) is 0 Å². The lowest BCUT2D eigenvalue weighted by molar-refractivity contribution is 0.262. The second kappa shape index (κ2) is 3.26. The second-order valence-corrected chi connectivity index (χ2v) is 3.97. The van der Waals surface area contributed by atoms with Crippen molar-refractivity contribution in [3.63, 3.8) is 0 Å². The smallest absolute Gasteiger partial charge is 0.0627 e. The molecule has 0 aliphatic heterocycles. The molecule has 0 N–H and O–H groups in total. The molecule has 0 aromatic carbocycles. The summed E-state index contributed by atoms with van der Waals surface area (Å²) in [5.41, 5.74) is 0.0191. The second-order valence-electron chi connectivity index (χ2n) is 3.97. The Balaban J connectivity index is 2.49. The van der Waals surface area contributed by atoms with E-state index in [1.807, 2.05) is 0 Å². The normalized spacial score (nSPS) is 20.1. The van der Waals surface area contributed by atoms with Crippen molar-refractivity contribution in [2.24, 2.45) is 11.3 Å². The first-order chi connectivity index (χ1) is 5.17. The standard InChI is InChI=1S/C10H16N/c1-10(2,7-8-11)9-5-3-4-6-9/h9H,1,3-7H2,2H3. The van der Waals surface area contributed by atoms with Crippen molar-refractivity contribution in [2.45, 2.75) is 39.0 Å². The largest absolute Gasteiger partial charge is 0.198 e. The molecule has 1 rings (SSSR count). The number of nitriles is 1. The summed E-state index contributed by atoms with van der Waals surface area (Å²) >= 11 is 0. The minimum absolute atomic E-state index is 0.0191. The van der Waals surface area contributed by atoms with Gasteiger partial charge >= 0.3 is 0 Å². The Labute approximate surface area is 69.4 Å². The van der Waals surface area contributed by atoms with E-state index >= 15 is 0 Å². The molecular formula is C10H16N. The number of hydrogen-bond donors (Lipinski definition) is 0. The fourth-order valence-electron chi connectivity index (χ4n) is 1.95. The predicted octanol–water partition coefficient (Wildman–Crippen LogP) is 2.93. The molecule has 1 unspecified atom stereocenters. The minimum Gasteiger partial charge on any atom is -0.198 e. The van der Waals surface area contributed by atoms with E-state index in [0.29, 0.717) is 12.3 Å². The molecule has 11 heavy (non-hydrogen) atoms. The van der Waals surface area contributed by atoms with Gasteiger partial charge in [-0.05, 0) is 31.1 Å². The minimum atomic E-state index is 0.0191. The Morgan fingerprint density at radius 1 is 1.55 bits per heavy atom. The molecule has 1 aliphatic carbocycles. The highest BCUT2D eigenvalue weighted by Crippen LogP contribution is 2.40. The van der Waals surface area contributed by atoms with Crippen LogP contribution >= 0.6 is 0 Å². The first-order valence-corrected chi connectivity index (χ1v) is 4.39. The monoisotopic (exact) mass is 150 g/mol. The van der Waals surface area contributed by atoms with Gasteiger partial charge < -0.3 is 0 Å². The first kappa shape index (κ1) is 8.59. The maximum Gasteiger partial charge on any atom is 0.0627 e. The van der Waals surface area contributed by atoms with E-state index in [0.717, 1.165) is 0 Å². The van der Waals surface area contributed by atoms with Gasteiger partial charge in [0.05, 0.1) is 6.07 Å². The van der Waals surface area contributed by atoms with Crippen LogP contribution in [0.1, 0.15) is 39.0 Å². The van der Waals surface area contributed by atoms with Crippen LogP contribution in [-0.4, -0.2) is 0 Å². The van der Waals surface area contributed by atoms with Gasteiger partial charge in [-0.15, -0.1) is 0 Å². The molecule has 0 amide bonds. The number of hydrogen-bond acceptors (Lipinski definition) is 1. The summed E-state index contributed by atoms with van der Waals surface area (Å²) < 4.78 is 0. The average Bonchev–Trinajstić information content (AvgIpc) is 2.37. The van der Waals surface area contributed by atoms with Gasteiger partial charge in [0.15, 0.2) is 0 Å². The van der Waals surface area contributed by atoms with Crippen molar-refractivity contribution in [3.8, 4) is 6.07 Å². The molecule has 1 aliphatic rings. The average molecular weight is 150 g/mol. The van der Waals surface area contributed by atoms with E-state index in [-0.39, 0.29) is 5.41 Å². The van der Waals surface area contributed by atoms with Gasteiger partial charge in [0, 0.05) is 6.42 Å². The SMILES string of the molecule is [CH2]C(C)(CC#N)C1CCCC1. The molecule has 0 spiro atoms. The van der Waals surface area contributed by atoms with E-state index in [4.69, 9.17) is 5.26 Å². The van der Waals surface area contributed by atoms with E-state index in [1.54, 1.807) is 0 Å². The number of rotatable bonds is 2. The Bertz CT molecular complexity index is 158. The van der Waals surface area contributed by atoms with E-state index < -0.39 is 0 Å². The van der Waals surface area contributed by atoms with Crippen molar-refractivity contribution in [2.75, 3.05) is 0 Å². The molecule has 0 saturated heterocycles. The fraction of sp³-hybridized carbons (Fsp3) is 0.800. The van der Waals surface area contributed by atoms with Crippen LogP contribution in [0.3, 0.4) is 0 Å². The highest BCUT2D eigenvalue weighted by molar-refractivity contribution is 4.93. The van der Waals surface area contributed by atoms with Crippen LogP contribution in [0.15, 0.2) is 0 Å². The molecular weight excluding hydrogens is 134 g/mol. The summed E-state index contributed by atoms with van der Waals surface area (Å²) in [6.45, 7) is 6.24. The molecule has 1 saturated carbocycles. The third-order valence-electron chi connectivity index (χ3n) is 2.82. The quantitative estimate of drug-likeness (QED) is 0.593. The summed E-state index contributed by atoms with van der Waals surface area (Å²) in [5, 5.41) is 8.57. The molecule has 1 heteroatoms. The van der Waals surface area contributed by atoms with Crippen molar-refractivity contribution in [3.05, 3.63) is 6.92 Å². The summed E-state index contributed by atoms with van der Waals surface area (Å²) in [6, 6.07) is 2.22. The van der Waals surface area contributed by atoms with Gasteiger partial charge in [0.25, 0.3) is 0 Å². The molecule has 0 aromatic heterocycles. The number of nitrogens with zero attached hydrogens (tertiary/aromatic N) is 1. The molecule has 0 heterocycles. The molecule has 1 nitrogen and oxygen atoms in total. The van der Waals surface area contributed by atoms with Crippen LogP contribution in [0.5, 0.6) is 0 Å². The van der Waals surface area contributed by atoms with Crippen molar-refractivity contribution in [1.82, 2.24) is 0 Å². The molecule has 61 valence electrons. The Morgan fingerprint density at radius 3 is 2.55 bits per heavy atom. The van der Waals surface area contributed by atoms with Gasteiger partial charge in [0.1, 0.15) is 0 Å². The molecule has 1 radical (unpaired) electrons. The molecule has 0 bridgehead atoms. The maximum atomic E-state index is 8.57. The topological polar surface area (TPSA) is 23.8 Å². The summed E-state index contributed by atoms with van der Waals surface area (Å²) in [6.07, 6.45) is 5.84. The zero-order valence-corrected chi connectivity index (χ0v) is 7.27. The predicted molar refractivity (Wildman–Crippen MR) is 45.7 cm³/mol. The van der Waals surface area contributed by atoms with Gasteiger partial charge in [-0.3, -0.25) is 0 Å². The van der Waals surface area contributed by atoms with Crippen LogP contribution in [0.25, 0.3) is 0 Å². The van der Waals surface area contributed by atoms with Gasteiger partial charge in [-0.2, -0.15) is 5.26 Å². The summed E-state index contributed by atoms with van der Waals surface area (Å²) in [4.78, 5) is 0. The molecule has 1 fully saturated rings. The van der Waals surface area contributed by atoms with Gasteiger partial charge in [-0.25, -0.2) is 0 Å². The van der Waals surface area contributed by atoms with Crippen LogP contribution < -0.4 is 0 Å². The van der Waals surface area contributed by atoms with Crippen LogP contribution in [0, 0.1) is 29.6 Å². The first-order valence-electron chi connectivity index (χ1n) is 4.39. The highest BCUT2D eigenvalue weighted by atomic mass is 14.4. The maximum absolute atomic E-state index is 8.57. The van der Waals surface area contributed by atoms with Crippen molar-refractivity contribution in [1.29, 1.82) is 5.26 Å². The Kier molecular flexibility index (Phi) is 2.54. The van der Waals surface area contributed by atoms with E-state index in [2.05, 4.69) is 19.9 Å². The molecule has 0 aromatic rings. The fourth-order valence-corrected chi connectivity index (χ4v) is 1.95. The van der Waals surface area contributed by atoms with E-state index in [9.17, 15) is 0 Å². The van der Waals surface area contributed by atoms with Gasteiger partial charge in [0.2, 0.25) is 0 Å². The Morgan fingerprint density at radius 2 is 2.09 bits per heavy atom. The highest BCUT2D eigenvalue weighted by Gasteiger charge is 2.31. The zero-order valence-electron chi connectivity index (χ0n) is 7.27. The Hall–Kier alpha value is -0.510. The third kappa shape index (κ3) is 1.96. The summed E-state index contributed by atoms with van der Waals surface area (Å²) in [7, 11) is 0. The van der Waals surface area contributed by atoms with Crippen LogP contribution in [0.2, 0.25) is 0 Å². The van der Waals surface area contributed by atoms with Crippen molar-refractivity contribution < 1.29 is 0 Å². The lowest BCUT2D eigenvalue weighted by Gasteiger charge is -2.28. The summed E-state index contributed by atoms with van der Waals surface area (Å²) in [5.74, 6) is 0.696. The van der Waals surface area contributed by atoms with Crippen molar-refractivity contribution >= 4 is 0 Å². The molecule has 1 atom stereocenters. The van der Waals surface area contributed by atoms with E-state index in [1.165, 1.54) is 25.7 Å². The lowest BCUT2D eigenvalue weighted by atomic mass is 9.76. The zero-order chi connectivity index (χ0) is 8.32. The van der Waals surface area contributed by atoms with Crippen LogP contribution in [-0.2, 0) is 0 Å². The lowest BCUT2D eigenvalue weighted by Crippen LogP contribution is -2.21.